The molecule has 6 rings (SSSR count). The molecule has 0 spiro atoms. The SMILES string of the molecule is C=CC(=O)N1CCN(c2c(S(C)(=O)=O)c(=O)n(-c3c(C)ccnc3C(C)C)c3nc(-c4c(C)ccc5[nH]ncc45)c(F)cc23)CC1. The Morgan fingerprint density at radius 3 is 2.43 bits per heavy atom. The van der Waals surface area contributed by atoms with Gasteiger partial charge in [0.1, 0.15) is 11.5 Å². The van der Waals surface area contributed by atoms with Crippen molar-refractivity contribution in [2.75, 3.05) is 37.3 Å². The summed E-state index contributed by atoms with van der Waals surface area (Å²) < 4.78 is 44.9. The summed E-state index contributed by atoms with van der Waals surface area (Å²) in [7, 11) is -4.17. The number of rotatable bonds is 6. The molecule has 0 unspecified atom stereocenters. The minimum absolute atomic E-state index is 0.00255. The van der Waals surface area contributed by atoms with Crippen molar-refractivity contribution in [3.8, 4) is 16.9 Å². The molecule has 0 radical (unpaired) electrons. The summed E-state index contributed by atoms with van der Waals surface area (Å²) in [5.74, 6) is -1.09. The number of hydrogen-bond donors (Lipinski definition) is 1. The van der Waals surface area contributed by atoms with E-state index in [4.69, 9.17) is 4.98 Å². The molecule has 5 aromatic rings. The third-order valence-corrected chi connectivity index (χ3v) is 9.59. The van der Waals surface area contributed by atoms with Crippen molar-refractivity contribution >= 4 is 43.4 Å². The van der Waals surface area contributed by atoms with Crippen molar-refractivity contribution in [3.05, 3.63) is 82.3 Å². The average molecular weight is 644 g/mol. The Morgan fingerprint density at radius 2 is 1.78 bits per heavy atom. The van der Waals surface area contributed by atoms with Gasteiger partial charge in [-0.15, -0.1) is 0 Å². The van der Waals surface area contributed by atoms with E-state index in [2.05, 4.69) is 21.8 Å². The molecule has 0 bridgehead atoms. The first-order valence-corrected chi connectivity index (χ1v) is 16.8. The fourth-order valence-electron chi connectivity index (χ4n) is 6.28. The van der Waals surface area contributed by atoms with Gasteiger partial charge in [-0.3, -0.25) is 24.2 Å². The van der Waals surface area contributed by atoms with Crippen molar-refractivity contribution in [3.63, 3.8) is 0 Å². The van der Waals surface area contributed by atoms with E-state index >= 15 is 4.39 Å². The molecular weight excluding hydrogens is 609 g/mol. The molecule has 5 heterocycles. The molecule has 1 saturated heterocycles. The Morgan fingerprint density at radius 1 is 1.07 bits per heavy atom. The lowest BCUT2D eigenvalue weighted by Crippen LogP contribution is -2.49. The molecule has 1 N–H and O–H groups in total. The van der Waals surface area contributed by atoms with Gasteiger partial charge in [0.05, 0.1) is 28.8 Å². The Bertz CT molecular complexity index is 2230. The number of benzene rings is 1. The maximum Gasteiger partial charge on any atom is 0.277 e. The molecule has 1 aliphatic heterocycles. The number of aryl methyl sites for hydroxylation is 2. The molecule has 13 heteroatoms. The van der Waals surface area contributed by atoms with E-state index in [0.717, 1.165) is 11.8 Å². The summed E-state index contributed by atoms with van der Waals surface area (Å²) in [6.07, 6.45) is 5.43. The number of anilines is 1. The van der Waals surface area contributed by atoms with Crippen LogP contribution in [0.3, 0.4) is 0 Å². The Labute approximate surface area is 265 Å². The number of fused-ring (bicyclic) bond motifs is 2. The van der Waals surface area contributed by atoms with E-state index in [1.54, 1.807) is 28.3 Å². The highest BCUT2D eigenvalue weighted by Gasteiger charge is 2.33. The van der Waals surface area contributed by atoms with Crippen molar-refractivity contribution in [1.82, 2.24) is 29.6 Å². The average Bonchev–Trinajstić information content (AvgIpc) is 3.49. The van der Waals surface area contributed by atoms with Crippen molar-refractivity contribution in [2.45, 2.75) is 38.5 Å². The van der Waals surface area contributed by atoms with E-state index < -0.39 is 26.1 Å². The Kier molecular flexibility index (Phi) is 7.75. The van der Waals surface area contributed by atoms with E-state index in [-0.39, 0.29) is 60.4 Å². The summed E-state index contributed by atoms with van der Waals surface area (Å²) in [5.41, 5.74) is 2.90. The summed E-state index contributed by atoms with van der Waals surface area (Å²) in [5, 5.41) is 7.84. The standard InChI is InChI=1S/C33H34FN7O4S/c1-7-25(42)39-12-14-40(15-13-39)30-21-16-23(34)28(26-19(4)8-9-24-22(26)17-36-38-24)37-32(21)41(33(43)31(30)46(6,44)45)29-20(5)10-11-35-27(29)18(2)3/h7-11,16-18H,1,12-15H2,2-6H3,(H,36,38). The van der Waals surface area contributed by atoms with Crippen molar-refractivity contribution in [1.29, 1.82) is 0 Å². The number of carbonyl (C=O) groups excluding carboxylic acids is 1. The van der Waals surface area contributed by atoms with Gasteiger partial charge in [0.25, 0.3) is 5.56 Å². The molecule has 1 aliphatic rings. The largest absolute Gasteiger partial charge is 0.366 e. The smallest absolute Gasteiger partial charge is 0.277 e. The molecule has 11 nitrogen and oxygen atoms in total. The number of aromatic nitrogens is 5. The second kappa shape index (κ2) is 11.5. The number of piperazine rings is 1. The number of carbonyl (C=O) groups is 1. The number of pyridine rings is 3. The molecule has 0 aliphatic carbocycles. The van der Waals surface area contributed by atoms with Crippen LogP contribution in [0.2, 0.25) is 0 Å². The summed E-state index contributed by atoms with van der Waals surface area (Å²) in [4.78, 5) is 39.3. The van der Waals surface area contributed by atoms with Crippen LogP contribution in [0.1, 0.15) is 36.6 Å². The number of nitrogens with one attached hydrogen (secondary N) is 1. The minimum Gasteiger partial charge on any atom is -0.366 e. The quantitative estimate of drug-likeness (QED) is 0.269. The number of halogens is 1. The fraction of sp³-hybridized carbons (Fsp3) is 0.303. The highest BCUT2D eigenvalue weighted by Crippen LogP contribution is 2.39. The fourth-order valence-corrected chi connectivity index (χ4v) is 7.28. The van der Waals surface area contributed by atoms with Gasteiger partial charge in [0.2, 0.25) is 5.91 Å². The van der Waals surface area contributed by atoms with Crippen LogP contribution in [0.5, 0.6) is 0 Å². The van der Waals surface area contributed by atoms with Crippen molar-refractivity contribution in [2.24, 2.45) is 0 Å². The van der Waals surface area contributed by atoms with Crippen LogP contribution in [0, 0.1) is 19.7 Å². The number of H-pyrrole nitrogens is 1. The second-order valence-electron chi connectivity index (χ2n) is 11.9. The van der Waals surface area contributed by atoms with Crippen LogP contribution < -0.4 is 10.5 Å². The third kappa shape index (κ3) is 5.04. The maximum absolute atomic E-state index is 16.5. The lowest BCUT2D eigenvalue weighted by atomic mass is 9.99. The first kappa shape index (κ1) is 31.1. The summed E-state index contributed by atoms with van der Waals surface area (Å²) >= 11 is 0. The minimum atomic E-state index is -4.17. The van der Waals surface area contributed by atoms with E-state index in [0.29, 0.717) is 33.4 Å². The van der Waals surface area contributed by atoms with Gasteiger partial charge in [-0.05, 0) is 55.2 Å². The molecular formula is C33H34FN7O4S. The van der Waals surface area contributed by atoms with E-state index in [9.17, 15) is 18.0 Å². The van der Waals surface area contributed by atoms with Crippen LogP contribution in [-0.4, -0.2) is 76.4 Å². The lowest BCUT2D eigenvalue weighted by Gasteiger charge is -2.37. The zero-order valence-electron chi connectivity index (χ0n) is 26.3. The number of sulfone groups is 1. The van der Waals surface area contributed by atoms with Crippen LogP contribution in [-0.2, 0) is 14.6 Å². The number of amides is 1. The van der Waals surface area contributed by atoms with Gasteiger partial charge in [0, 0.05) is 55.0 Å². The molecule has 4 aromatic heterocycles. The molecule has 1 aromatic carbocycles. The molecule has 0 atom stereocenters. The lowest BCUT2D eigenvalue weighted by molar-refractivity contribution is -0.126. The van der Waals surface area contributed by atoms with Gasteiger partial charge >= 0.3 is 0 Å². The van der Waals surface area contributed by atoms with Gasteiger partial charge in [-0.2, -0.15) is 5.10 Å². The zero-order chi connectivity index (χ0) is 33.1. The molecule has 0 saturated carbocycles. The molecule has 1 fully saturated rings. The van der Waals surface area contributed by atoms with Gasteiger partial charge in [-0.1, -0.05) is 26.5 Å². The molecule has 46 heavy (non-hydrogen) atoms. The number of aromatic amines is 1. The third-order valence-electron chi connectivity index (χ3n) is 8.48. The Hall–Kier alpha value is -4.91. The van der Waals surface area contributed by atoms with Crippen LogP contribution in [0.15, 0.2) is 59.0 Å². The highest BCUT2D eigenvalue weighted by molar-refractivity contribution is 7.90. The van der Waals surface area contributed by atoms with E-state index in [1.807, 2.05) is 39.8 Å². The summed E-state index contributed by atoms with van der Waals surface area (Å²) in [6.45, 7) is 12.0. The normalized spacial score (nSPS) is 14.1. The Balaban J connectivity index is 1.77. The van der Waals surface area contributed by atoms with Crippen LogP contribution >= 0.6 is 0 Å². The highest BCUT2D eigenvalue weighted by atomic mass is 32.2. The van der Waals surface area contributed by atoms with Gasteiger partial charge in [-0.25, -0.2) is 17.8 Å². The monoisotopic (exact) mass is 643 g/mol. The zero-order valence-corrected chi connectivity index (χ0v) is 27.1. The summed E-state index contributed by atoms with van der Waals surface area (Å²) in [6, 6.07) is 6.68. The molecule has 238 valence electrons. The topological polar surface area (TPSA) is 134 Å². The first-order chi connectivity index (χ1) is 21.8. The van der Waals surface area contributed by atoms with E-state index in [1.165, 1.54) is 16.7 Å². The number of hydrogen-bond acceptors (Lipinski definition) is 8. The predicted octanol–water partition coefficient (Wildman–Crippen LogP) is 4.44. The van der Waals surface area contributed by atoms with Gasteiger partial charge < -0.3 is 9.80 Å². The second-order valence-corrected chi connectivity index (χ2v) is 13.9. The van der Waals surface area contributed by atoms with Crippen molar-refractivity contribution < 1.29 is 17.6 Å². The van der Waals surface area contributed by atoms with Gasteiger partial charge in [0.15, 0.2) is 20.4 Å². The van der Waals surface area contributed by atoms with Crippen LogP contribution in [0.25, 0.3) is 38.9 Å². The van der Waals surface area contributed by atoms with Crippen LogP contribution in [0.4, 0.5) is 10.1 Å². The molecule has 1 amide bonds. The predicted molar refractivity (Wildman–Crippen MR) is 176 cm³/mol. The first-order valence-electron chi connectivity index (χ1n) is 14.9. The maximum atomic E-state index is 16.5. The number of nitrogens with zero attached hydrogens (tertiary/aromatic N) is 6.